The number of H-pyrrole nitrogens is 2. The second-order valence-electron chi connectivity index (χ2n) is 3.81. The number of ether oxygens (including phenoxy) is 1. The maximum absolute atomic E-state index is 11.2. The summed E-state index contributed by atoms with van der Waals surface area (Å²) in [7, 11) is 0. The van der Waals surface area contributed by atoms with E-state index >= 15 is 0 Å². The van der Waals surface area contributed by atoms with Crippen molar-refractivity contribution in [3.63, 3.8) is 0 Å². The zero-order valence-corrected chi connectivity index (χ0v) is 9.89. The highest BCUT2D eigenvalue weighted by Gasteiger charge is 1.99. The van der Waals surface area contributed by atoms with Gasteiger partial charge in [-0.2, -0.15) is 0 Å². The Bertz CT molecular complexity index is 363. The van der Waals surface area contributed by atoms with Gasteiger partial charge in [-0.1, -0.05) is 13.8 Å². The van der Waals surface area contributed by atoms with Gasteiger partial charge in [0, 0.05) is 6.61 Å². The molecule has 2 N–H and O–H groups in total. The van der Waals surface area contributed by atoms with Crippen LogP contribution in [0.5, 0.6) is 0 Å². The van der Waals surface area contributed by atoms with E-state index in [0.717, 1.165) is 13.0 Å². The molecule has 0 radical (unpaired) electrons. The summed E-state index contributed by atoms with van der Waals surface area (Å²) in [6.07, 6.45) is 1.04. The van der Waals surface area contributed by atoms with Crippen LogP contribution in [0.3, 0.4) is 0 Å². The molecule has 0 amide bonds. The van der Waals surface area contributed by atoms with E-state index in [0.29, 0.717) is 23.8 Å². The van der Waals surface area contributed by atoms with E-state index in [4.69, 9.17) is 17.0 Å². The minimum atomic E-state index is -0.215. The molecule has 0 unspecified atom stereocenters. The molecule has 0 atom stereocenters. The summed E-state index contributed by atoms with van der Waals surface area (Å²) in [5, 5.41) is 5.00. The molecule has 6 heteroatoms. The summed E-state index contributed by atoms with van der Waals surface area (Å²) < 4.78 is 7.25. The van der Waals surface area contributed by atoms with Crippen molar-refractivity contribution in [1.82, 2.24) is 14.8 Å². The smallest absolute Gasteiger partial charge is 0.342 e. The molecule has 1 rings (SSSR count). The van der Waals surface area contributed by atoms with Crippen LogP contribution in [0.25, 0.3) is 0 Å². The molecule has 1 heterocycles. The normalized spacial score (nSPS) is 11.1. The van der Waals surface area contributed by atoms with Gasteiger partial charge in [0.1, 0.15) is 0 Å². The first-order valence-electron chi connectivity index (χ1n) is 5.06. The standard InChI is InChI=1S/C9H17N3O2S/c1-7(2)3-5-14-6-4-12-8(13)10-11-9(12)15/h7H,3-6H2,1-2H3,(H,10,13)(H,11,15). The van der Waals surface area contributed by atoms with Crippen molar-refractivity contribution in [2.75, 3.05) is 13.2 Å². The predicted molar refractivity (Wildman–Crippen MR) is 60.5 cm³/mol. The fourth-order valence-corrected chi connectivity index (χ4v) is 1.34. The number of hydrogen-bond acceptors (Lipinski definition) is 3. The molecule has 0 bridgehead atoms. The maximum Gasteiger partial charge on any atom is 0.342 e. The predicted octanol–water partition coefficient (Wildman–Crippen LogP) is 1.30. The number of aromatic amines is 2. The highest BCUT2D eigenvalue weighted by Crippen LogP contribution is 1.98. The van der Waals surface area contributed by atoms with Crippen LogP contribution in [0.2, 0.25) is 0 Å². The Labute approximate surface area is 93.4 Å². The average molecular weight is 231 g/mol. The minimum absolute atomic E-state index is 0.215. The van der Waals surface area contributed by atoms with E-state index in [-0.39, 0.29) is 5.69 Å². The lowest BCUT2D eigenvalue weighted by Gasteiger charge is -2.05. The third kappa shape index (κ3) is 4.01. The fourth-order valence-electron chi connectivity index (χ4n) is 1.11. The Morgan fingerprint density at radius 3 is 2.67 bits per heavy atom. The van der Waals surface area contributed by atoms with E-state index in [2.05, 4.69) is 24.0 Å². The van der Waals surface area contributed by atoms with Gasteiger partial charge in [0.15, 0.2) is 4.77 Å². The Hall–Kier alpha value is -0.880. The van der Waals surface area contributed by atoms with Gasteiger partial charge in [-0.25, -0.2) is 9.89 Å². The van der Waals surface area contributed by atoms with Crippen molar-refractivity contribution in [2.45, 2.75) is 26.8 Å². The monoisotopic (exact) mass is 231 g/mol. The van der Waals surface area contributed by atoms with Crippen LogP contribution in [-0.2, 0) is 11.3 Å². The van der Waals surface area contributed by atoms with Crippen molar-refractivity contribution in [1.29, 1.82) is 0 Å². The van der Waals surface area contributed by atoms with Crippen LogP contribution in [0.4, 0.5) is 0 Å². The summed E-state index contributed by atoms with van der Waals surface area (Å²) in [6.45, 7) is 6.04. The first-order chi connectivity index (χ1) is 7.11. The molecule has 0 saturated heterocycles. The highest BCUT2D eigenvalue weighted by molar-refractivity contribution is 7.71. The summed E-state index contributed by atoms with van der Waals surface area (Å²) in [5.41, 5.74) is -0.215. The molecule has 0 aliphatic rings. The molecule has 0 aliphatic heterocycles. The van der Waals surface area contributed by atoms with E-state index in [9.17, 15) is 4.79 Å². The molecule has 15 heavy (non-hydrogen) atoms. The molecule has 0 aliphatic carbocycles. The molecule has 0 saturated carbocycles. The zero-order chi connectivity index (χ0) is 11.3. The first kappa shape index (κ1) is 12.2. The van der Waals surface area contributed by atoms with Gasteiger partial charge in [0.25, 0.3) is 0 Å². The molecule has 1 aromatic heterocycles. The topological polar surface area (TPSA) is 62.8 Å². The van der Waals surface area contributed by atoms with Gasteiger partial charge in [-0.05, 0) is 24.6 Å². The lowest BCUT2D eigenvalue weighted by Crippen LogP contribution is -2.20. The average Bonchev–Trinajstić information content (AvgIpc) is 2.47. The number of nitrogens with zero attached hydrogens (tertiary/aromatic N) is 1. The number of rotatable bonds is 6. The van der Waals surface area contributed by atoms with Crippen molar-refractivity contribution >= 4 is 12.2 Å². The minimum Gasteiger partial charge on any atom is -0.380 e. The molecule has 86 valence electrons. The van der Waals surface area contributed by atoms with Crippen molar-refractivity contribution in [2.24, 2.45) is 5.92 Å². The zero-order valence-electron chi connectivity index (χ0n) is 9.08. The second-order valence-corrected chi connectivity index (χ2v) is 4.19. The van der Waals surface area contributed by atoms with E-state index in [1.54, 1.807) is 0 Å². The fraction of sp³-hybridized carbons (Fsp3) is 0.778. The summed E-state index contributed by atoms with van der Waals surface area (Å²) in [4.78, 5) is 11.2. The third-order valence-electron chi connectivity index (χ3n) is 2.07. The quantitative estimate of drug-likeness (QED) is 0.573. The van der Waals surface area contributed by atoms with Gasteiger partial charge >= 0.3 is 5.69 Å². The lowest BCUT2D eigenvalue weighted by molar-refractivity contribution is 0.115. The Morgan fingerprint density at radius 2 is 2.13 bits per heavy atom. The van der Waals surface area contributed by atoms with E-state index < -0.39 is 0 Å². The molecule has 0 aromatic carbocycles. The largest absolute Gasteiger partial charge is 0.380 e. The summed E-state index contributed by atoms with van der Waals surface area (Å²) >= 11 is 4.91. The summed E-state index contributed by atoms with van der Waals surface area (Å²) in [5.74, 6) is 0.642. The van der Waals surface area contributed by atoms with Crippen molar-refractivity contribution in [3.05, 3.63) is 15.3 Å². The Morgan fingerprint density at radius 1 is 1.40 bits per heavy atom. The molecular formula is C9H17N3O2S. The number of hydrogen-bond donors (Lipinski definition) is 2. The van der Waals surface area contributed by atoms with Crippen LogP contribution in [-0.4, -0.2) is 28.0 Å². The maximum atomic E-state index is 11.2. The van der Waals surface area contributed by atoms with E-state index in [1.807, 2.05) is 0 Å². The number of nitrogens with one attached hydrogen (secondary N) is 2. The van der Waals surface area contributed by atoms with Crippen LogP contribution < -0.4 is 5.69 Å². The summed E-state index contributed by atoms with van der Waals surface area (Å²) in [6, 6.07) is 0. The van der Waals surface area contributed by atoms with Crippen molar-refractivity contribution in [3.8, 4) is 0 Å². The van der Waals surface area contributed by atoms with E-state index in [1.165, 1.54) is 4.57 Å². The highest BCUT2D eigenvalue weighted by atomic mass is 32.1. The third-order valence-corrected chi connectivity index (χ3v) is 2.39. The SMILES string of the molecule is CC(C)CCOCCn1c(=O)[nH][nH]c1=S. The lowest BCUT2D eigenvalue weighted by atomic mass is 10.1. The van der Waals surface area contributed by atoms with Gasteiger partial charge in [0.05, 0.1) is 13.2 Å². The Balaban J connectivity index is 2.27. The van der Waals surface area contributed by atoms with Crippen LogP contribution in [0.1, 0.15) is 20.3 Å². The molecule has 1 aromatic rings. The second kappa shape index (κ2) is 5.87. The van der Waals surface area contributed by atoms with Crippen molar-refractivity contribution < 1.29 is 4.74 Å². The molecular weight excluding hydrogens is 214 g/mol. The van der Waals surface area contributed by atoms with Crippen LogP contribution in [0, 0.1) is 10.7 Å². The molecule has 5 nitrogen and oxygen atoms in total. The van der Waals surface area contributed by atoms with Gasteiger partial charge in [0.2, 0.25) is 0 Å². The Kier molecular flexibility index (Phi) is 4.77. The van der Waals surface area contributed by atoms with Gasteiger partial charge < -0.3 is 4.74 Å². The molecule has 0 spiro atoms. The number of aromatic nitrogens is 3. The van der Waals surface area contributed by atoms with Crippen LogP contribution >= 0.6 is 12.2 Å². The molecule has 0 fully saturated rings. The van der Waals surface area contributed by atoms with Gasteiger partial charge in [-0.15, -0.1) is 0 Å². The first-order valence-corrected chi connectivity index (χ1v) is 5.47. The van der Waals surface area contributed by atoms with Gasteiger partial charge in [-0.3, -0.25) is 9.67 Å². The van der Waals surface area contributed by atoms with Crippen LogP contribution in [0.15, 0.2) is 4.79 Å².